The van der Waals surface area contributed by atoms with Crippen molar-refractivity contribution in [3.8, 4) is 0 Å². The van der Waals surface area contributed by atoms with Crippen molar-refractivity contribution >= 4 is 0 Å². The SMILES string of the molecule is CC(CNC(C)(C)C)NCc1ccc(F)c(C(F)(F)F)c1. The first-order valence-electron chi connectivity index (χ1n) is 6.83. The number of hydrogen-bond acceptors (Lipinski definition) is 2. The van der Waals surface area contributed by atoms with Gasteiger partial charge in [0.1, 0.15) is 5.82 Å². The summed E-state index contributed by atoms with van der Waals surface area (Å²) in [6.07, 6.45) is -4.67. The number of halogens is 4. The van der Waals surface area contributed by atoms with Gasteiger partial charge in [0.2, 0.25) is 0 Å². The molecule has 1 aromatic carbocycles. The fourth-order valence-electron chi connectivity index (χ4n) is 1.72. The molecule has 0 fully saturated rings. The molecule has 0 aromatic heterocycles. The first-order chi connectivity index (χ1) is 9.49. The van der Waals surface area contributed by atoms with Crippen LogP contribution in [0.25, 0.3) is 0 Å². The molecular weight excluding hydrogens is 284 g/mol. The van der Waals surface area contributed by atoms with Crippen molar-refractivity contribution in [2.75, 3.05) is 6.54 Å². The molecule has 0 bridgehead atoms. The highest BCUT2D eigenvalue weighted by Crippen LogP contribution is 2.31. The molecule has 2 N–H and O–H groups in total. The normalized spacial score (nSPS) is 14.3. The highest BCUT2D eigenvalue weighted by Gasteiger charge is 2.34. The predicted octanol–water partition coefficient (Wildman–Crippen LogP) is 3.71. The molecule has 0 heterocycles. The third-order valence-electron chi connectivity index (χ3n) is 2.93. The molecule has 1 unspecified atom stereocenters. The second kappa shape index (κ2) is 6.75. The van der Waals surface area contributed by atoms with Crippen LogP contribution < -0.4 is 10.6 Å². The first kappa shape index (κ1) is 17.9. The van der Waals surface area contributed by atoms with Gasteiger partial charge in [-0.3, -0.25) is 0 Å². The molecule has 21 heavy (non-hydrogen) atoms. The number of hydrogen-bond donors (Lipinski definition) is 2. The van der Waals surface area contributed by atoms with Crippen LogP contribution in [0.3, 0.4) is 0 Å². The quantitative estimate of drug-likeness (QED) is 0.810. The molecule has 0 aliphatic carbocycles. The summed E-state index contributed by atoms with van der Waals surface area (Å²) in [7, 11) is 0. The summed E-state index contributed by atoms with van der Waals surface area (Å²) in [4.78, 5) is 0. The van der Waals surface area contributed by atoms with Crippen LogP contribution in [0.15, 0.2) is 18.2 Å². The van der Waals surface area contributed by atoms with E-state index < -0.39 is 17.6 Å². The van der Waals surface area contributed by atoms with E-state index in [4.69, 9.17) is 0 Å². The number of nitrogens with one attached hydrogen (secondary N) is 2. The Kier molecular flexibility index (Phi) is 5.75. The van der Waals surface area contributed by atoms with Gasteiger partial charge >= 0.3 is 6.18 Å². The van der Waals surface area contributed by atoms with Gasteiger partial charge in [0.15, 0.2) is 0 Å². The van der Waals surface area contributed by atoms with Crippen LogP contribution in [0, 0.1) is 5.82 Å². The third-order valence-corrected chi connectivity index (χ3v) is 2.93. The van der Waals surface area contributed by atoms with Gasteiger partial charge in [-0.1, -0.05) is 6.07 Å². The Balaban J connectivity index is 2.60. The average Bonchev–Trinajstić information content (AvgIpc) is 2.33. The largest absolute Gasteiger partial charge is 0.419 e. The van der Waals surface area contributed by atoms with Crippen molar-refractivity contribution in [3.05, 3.63) is 35.1 Å². The Labute approximate surface area is 122 Å². The Morgan fingerprint density at radius 3 is 2.29 bits per heavy atom. The van der Waals surface area contributed by atoms with Crippen LogP contribution in [-0.2, 0) is 12.7 Å². The van der Waals surface area contributed by atoms with Gasteiger partial charge in [-0.2, -0.15) is 13.2 Å². The van der Waals surface area contributed by atoms with Crippen LogP contribution in [0.1, 0.15) is 38.8 Å². The lowest BCUT2D eigenvalue weighted by Gasteiger charge is -2.24. The highest BCUT2D eigenvalue weighted by molar-refractivity contribution is 5.27. The molecule has 1 aromatic rings. The van der Waals surface area contributed by atoms with E-state index in [0.717, 1.165) is 12.1 Å². The van der Waals surface area contributed by atoms with E-state index in [1.54, 1.807) is 0 Å². The Bertz CT molecular complexity index is 464. The highest BCUT2D eigenvalue weighted by atomic mass is 19.4. The number of alkyl halides is 3. The van der Waals surface area contributed by atoms with E-state index in [1.807, 2.05) is 27.7 Å². The fraction of sp³-hybridized carbons (Fsp3) is 0.600. The van der Waals surface area contributed by atoms with Crippen LogP contribution in [0.2, 0.25) is 0 Å². The summed E-state index contributed by atoms with van der Waals surface area (Å²) in [5.74, 6) is -1.24. The van der Waals surface area contributed by atoms with Crippen molar-refractivity contribution in [1.82, 2.24) is 10.6 Å². The van der Waals surface area contributed by atoms with Gasteiger partial charge in [0.25, 0.3) is 0 Å². The minimum Gasteiger partial charge on any atom is -0.311 e. The summed E-state index contributed by atoms with van der Waals surface area (Å²) in [6.45, 7) is 9.00. The van der Waals surface area contributed by atoms with Gasteiger partial charge in [0, 0.05) is 24.7 Å². The zero-order valence-corrected chi connectivity index (χ0v) is 12.7. The van der Waals surface area contributed by atoms with Crippen LogP contribution in [-0.4, -0.2) is 18.1 Å². The number of benzene rings is 1. The zero-order valence-electron chi connectivity index (χ0n) is 12.7. The van der Waals surface area contributed by atoms with Gasteiger partial charge in [0.05, 0.1) is 5.56 Å². The van der Waals surface area contributed by atoms with E-state index in [9.17, 15) is 17.6 Å². The minimum absolute atomic E-state index is 0.0186. The van der Waals surface area contributed by atoms with Gasteiger partial charge in [-0.05, 0) is 45.4 Å². The van der Waals surface area contributed by atoms with Crippen LogP contribution in [0.5, 0.6) is 0 Å². The summed E-state index contributed by atoms with van der Waals surface area (Å²) >= 11 is 0. The lowest BCUT2D eigenvalue weighted by Crippen LogP contribution is -2.44. The zero-order chi connectivity index (χ0) is 16.3. The molecule has 0 spiro atoms. The average molecular weight is 306 g/mol. The van der Waals surface area contributed by atoms with E-state index in [0.29, 0.717) is 12.1 Å². The van der Waals surface area contributed by atoms with Gasteiger partial charge < -0.3 is 10.6 Å². The second-order valence-electron chi connectivity index (χ2n) is 6.22. The Morgan fingerprint density at radius 2 is 1.76 bits per heavy atom. The maximum atomic E-state index is 13.2. The van der Waals surface area contributed by atoms with Gasteiger partial charge in [-0.25, -0.2) is 4.39 Å². The molecule has 2 nitrogen and oxygen atoms in total. The van der Waals surface area contributed by atoms with E-state index >= 15 is 0 Å². The summed E-state index contributed by atoms with van der Waals surface area (Å²) in [5, 5.41) is 6.42. The van der Waals surface area contributed by atoms with Crippen molar-refractivity contribution in [2.24, 2.45) is 0 Å². The topological polar surface area (TPSA) is 24.1 Å². The van der Waals surface area contributed by atoms with Gasteiger partial charge in [-0.15, -0.1) is 0 Å². The monoisotopic (exact) mass is 306 g/mol. The first-order valence-corrected chi connectivity index (χ1v) is 6.83. The molecule has 0 saturated carbocycles. The maximum absolute atomic E-state index is 13.2. The van der Waals surface area contributed by atoms with Crippen molar-refractivity contribution in [1.29, 1.82) is 0 Å². The molecule has 0 aliphatic rings. The van der Waals surface area contributed by atoms with Crippen LogP contribution >= 0.6 is 0 Å². The maximum Gasteiger partial charge on any atom is 0.419 e. The van der Waals surface area contributed by atoms with E-state index in [1.165, 1.54) is 6.07 Å². The lowest BCUT2D eigenvalue weighted by molar-refractivity contribution is -0.140. The molecule has 1 atom stereocenters. The van der Waals surface area contributed by atoms with Crippen molar-refractivity contribution < 1.29 is 17.6 Å². The molecular formula is C15H22F4N2. The second-order valence-corrected chi connectivity index (χ2v) is 6.22. The molecule has 0 saturated heterocycles. The smallest absolute Gasteiger partial charge is 0.311 e. The number of rotatable bonds is 5. The standard InChI is InChI=1S/C15H22F4N2/c1-10(8-21-14(2,3)4)20-9-11-5-6-13(16)12(7-11)15(17,18)19/h5-7,10,20-21H,8-9H2,1-4H3. The molecule has 0 aliphatic heterocycles. The molecule has 6 heteroatoms. The molecule has 1 rings (SSSR count). The predicted molar refractivity (Wildman–Crippen MR) is 75.5 cm³/mol. The molecule has 0 radical (unpaired) electrons. The van der Waals surface area contributed by atoms with Crippen molar-refractivity contribution in [3.63, 3.8) is 0 Å². The molecule has 0 amide bonds. The fourth-order valence-corrected chi connectivity index (χ4v) is 1.72. The van der Waals surface area contributed by atoms with E-state index in [2.05, 4.69) is 10.6 Å². The van der Waals surface area contributed by atoms with Crippen molar-refractivity contribution in [2.45, 2.75) is 52.0 Å². The summed E-state index contributed by atoms with van der Waals surface area (Å²) in [5.41, 5.74) is -0.830. The van der Waals surface area contributed by atoms with Crippen LogP contribution in [0.4, 0.5) is 17.6 Å². The third kappa shape index (κ3) is 6.44. The molecule has 120 valence electrons. The lowest BCUT2D eigenvalue weighted by atomic mass is 10.1. The summed E-state index contributed by atoms with van der Waals surface area (Å²) in [6, 6.07) is 3.16. The Hall–Kier alpha value is -1.14. The minimum atomic E-state index is -4.67. The van der Waals surface area contributed by atoms with E-state index in [-0.39, 0.29) is 18.1 Å². The Morgan fingerprint density at radius 1 is 1.14 bits per heavy atom. The summed E-state index contributed by atoms with van der Waals surface area (Å²) < 4.78 is 51.0.